The predicted octanol–water partition coefficient (Wildman–Crippen LogP) is 2.31. The van der Waals surface area contributed by atoms with Crippen molar-refractivity contribution in [1.29, 1.82) is 0 Å². The Kier molecular flexibility index (Phi) is 6.46. The standard InChI is InChI=1S/C16H21NO4/c1-5-12(17-13-8-6-11(2)7-9-13)10-14(15(18)20-3)16(19)21-4/h5-9,12,14,17H,1,10H2,2-4H3. The Balaban J connectivity index is 2.78. The first-order valence-corrected chi connectivity index (χ1v) is 6.63. The van der Waals surface area contributed by atoms with Crippen LogP contribution in [0.1, 0.15) is 12.0 Å². The second-order valence-electron chi connectivity index (χ2n) is 4.69. The van der Waals surface area contributed by atoms with Crippen LogP contribution in [0, 0.1) is 12.8 Å². The molecule has 0 aromatic heterocycles. The Morgan fingerprint density at radius 3 is 2.14 bits per heavy atom. The summed E-state index contributed by atoms with van der Waals surface area (Å²) in [7, 11) is 2.49. The van der Waals surface area contributed by atoms with Crippen LogP contribution in [0.4, 0.5) is 5.69 Å². The first-order chi connectivity index (χ1) is 10.0. The summed E-state index contributed by atoms with van der Waals surface area (Å²) in [6.45, 7) is 5.73. The number of esters is 2. The molecule has 0 bridgehead atoms. The van der Waals surface area contributed by atoms with E-state index in [-0.39, 0.29) is 12.5 Å². The predicted molar refractivity (Wildman–Crippen MR) is 80.9 cm³/mol. The van der Waals surface area contributed by atoms with Crippen LogP contribution in [0.2, 0.25) is 0 Å². The topological polar surface area (TPSA) is 64.6 Å². The van der Waals surface area contributed by atoms with Gasteiger partial charge in [-0.25, -0.2) is 0 Å². The molecular formula is C16H21NO4. The molecule has 1 aromatic rings. The minimum Gasteiger partial charge on any atom is -0.468 e. The molecule has 0 aliphatic carbocycles. The lowest BCUT2D eigenvalue weighted by Crippen LogP contribution is -2.32. The number of anilines is 1. The van der Waals surface area contributed by atoms with Gasteiger partial charge < -0.3 is 14.8 Å². The van der Waals surface area contributed by atoms with Crippen molar-refractivity contribution in [3.8, 4) is 0 Å². The first kappa shape index (κ1) is 16.8. The van der Waals surface area contributed by atoms with E-state index in [4.69, 9.17) is 0 Å². The zero-order valence-corrected chi connectivity index (χ0v) is 12.6. The van der Waals surface area contributed by atoms with Gasteiger partial charge >= 0.3 is 11.9 Å². The van der Waals surface area contributed by atoms with Crippen molar-refractivity contribution >= 4 is 17.6 Å². The molecule has 0 spiro atoms. The number of benzene rings is 1. The van der Waals surface area contributed by atoms with Crippen molar-refractivity contribution in [3.05, 3.63) is 42.5 Å². The van der Waals surface area contributed by atoms with E-state index in [1.54, 1.807) is 6.08 Å². The summed E-state index contributed by atoms with van der Waals surface area (Å²) < 4.78 is 9.29. The molecular weight excluding hydrogens is 270 g/mol. The van der Waals surface area contributed by atoms with E-state index in [0.717, 1.165) is 11.3 Å². The fraction of sp³-hybridized carbons (Fsp3) is 0.375. The highest BCUT2D eigenvalue weighted by Gasteiger charge is 2.30. The fourth-order valence-corrected chi connectivity index (χ4v) is 1.91. The van der Waals surface area contributed by atoms with Crippen LogP contribution in [-0.4, -0.2) is 32.2 Å². The number of hydrogen-bond donors (Lipinski definition) is 1. The minimum absolute atomic E-state index is 0.219. The Bertz CT molecular complexity index is 480. The summed E-state index contributed by atoms with van der Waals surface area (Å²) in [5.74, 6) is -2.19. The van der Waals surface area contributed by atoms with Gasteiger partial charge in [0, 0.05) is 11.7 Å². The number of rotatable bonds is 7. The van der Waals surface area contributed by atoms with Crippen molar-refractivity contribution in [2.75, 3.05) is 19.5 Å². The number of methoxy groups -OCH3 is 2. The van der Waals surface area contributed by atoms with E-state index in [2.05, 4.69) is 21.4 Å². The van der Waals surface area contributed by atoms with Gasteiger partial charge in [-0.1, -0.05) is 23.8 Å². The lowest BCUT2D eigenvalue weighted by molar-refractivity contribution is -0.159. The lowest BCUT2D eigenvalue weighted by atomic mass is 9.99. The SMILES string of the molecule is C=CC(CC(C(=O)OC)C(=O)OC)Nc1ccc(C)cc1. The van der Waals surface area contributed by atoms with Crippen LogP contribution in [0.25, 0.3) is 0 Å². The number of ether oxygens (including phenoxy) is 2. The third kappa shape index (κ3) is 4.95. The molecule has 0 amide bonds. The third-order valence-corrected chi connectivity index (χ3v) is 3.15. The molecule has 1 rings (SSSR count). The highest BCUT2D eigenvalue weighted by atomic mass is 16.5. The van der Waals surface area contributed by atoms with Crippen LogP contribution < -0.4 is 5.32 Å². The molecule has 1 aromatic carbocycles. The van der Waals surface area contributed by atoms with E-state index in [9.17, 15) is 9.59 Å². The van der Waals surface area contributed by atoms with E-state index in [1.165, 1.54) is 14.2 Å². The van der Waals surface area contributed by atoms with Crippen molar-refractivity contribution < 1.29 is 19.1 Å². The maximum Gasteiger partial charge on any atom is 0.320 e. The third-order valence-electron chi connectivity index (χ3n) is 3.15. The normalized spacial score (nSPS) is 11.6. The highest BCUT2D eigenvalue weighted by Crippen LogP contribution is 2.17. The second kappa shape index (κ2) is 8.09. The van der Waals surface area contributed by atoms with Crippen LogP contribution in [0.5, 0.6) is 0 Å². The monoisotopic (exact) mass is 291 g/mol. The molecule has 0 aliphatic heterocycles. The van der Waals surface area contributed by atoms with Crippen LogP contribution in [-0.2, 0) is 19.1 Å². The van der Waals surface area contributed by atoms with Crippen molar-refractivity contribution in [3.63, 3.8) is 0 Å². The van der Waals surface area contributed by atoms with Crippen molar-refractivity contribution in [1.82, 2.24) is 0 Å². The quantitative estimate of drug-likeness (QED) is 0.474. The summed E-state index contributed by atoms with van der Waals surface area (Å²) in [6, 6.07) is 7.55. The van der Waals surface area contributed by atoms with Gasteiger partial charge in [0.05, 0.1) is 14.2 Å². The zero-order chi connectivity index (χ0) is 15.8. The van der Waals surface area contributed by atoms with Gasteiger partial charge in [-0.05, 0) is 25.5 Å². The summed E-state index contributed by atoms with van der Waals surface area (Å²) in [5.41, 5.74) is 2.04. The highest BCUT2D eigenvalue weighted by molar-refractivity contribution is 5.94. The van der Waals surface area contributed by atoms with E-state index < -0.39 is 17.9 Å². The average Bonchev–Trinajstić information content (AvgIpc) is 2.51. The fourth-order valence-electron chi connectivity index (χ4n) is 1.91. The molecule has 0 saturated heterocycles. The van der Waals surface area contributed by atoms with Crippen LogP contribution >= 0.6 is 0 Å². The first-order valence-electron chi connectivity index (χ1n) is 6.63. The Hall–Kier alpha value is -2.30. The summed E-state index contributed by atoms with van der Waals surface area (Å²) >= 11 is 0. The largest absolute Gasteiger partial charge is 0.468 e. The number of hydrogen-bond acceptors (Lipinski definition) is 5. The smallest absolute Gasteiger partial charge is 0.320 e. The van der Waals surface area contributed by atoms with Crippen LogP contribution in [0.3, 0.4) is 0 Å². The second-order valence-corrected chi connectivity index (χ2v) is 4.69. The molecule has 1 N–H and O–H groups in total. The van der Waals surface area contributed by atoms with Gasteiger partial charge in [-0.3, -0.25) is 9.59 Å². The molecule has 21 heavy (non-hydrogen) atoms. The number of nitrogens with one attached hydrogen (secondary N) is 1. The van der Waals surface area contributed by atoms with E-state index >= 15 is 0 Å². The number of carbonyl (C=O) groups excluding carboxylic acids is 2. The van der Waals surface area contributed by atoms with Gasteiger partial charge in [0.25, 0.3) is 0 Å². The maximum atomic E-state index is 11.7. The summed E-state index contributed by atoms with van der Waals surface area (Å²) in [5, 5.41) is 3.21. The average molecular weight is 291 g/mol. The Morgan fingerprint density at radius 2 is 1.71 bits per heavy atom. The van der Waals surface area contributed by atoms with Gasteiger partial charge in [0.15, 0.2) is 5.92 Å². The Morgan fingerprint density at radius 1 is 1.19 bits per heavy atom. The van der Waals surface area contributed by atoms with E-state index in [0.29, 0.717) is 0 Å². The zero-order valence-electron chi connectivity index (χ0n) is 12.6. The number of aryl methyl sites for hydroxylation is 1. The van der Waals surface area contributed by atoms with Gasteiger partial charge in [-0.2, -0.15) is 0 Å². The van der Waals surface area contributed by atoms with Gasteiger partial charge in [0.2, 0.25) is 0 Å². The van der Waals surface area contributed by atoms with Gasteiger partial charge in [-0.15, -0.1) is 6.58 Å². The van der Waals surface area contributed by atoms with Crippen LogP contribution in [0.15, 0.2) is 36.9 Å². The summed E-state index contributed by atoms with van der Waals surface area (Å²) in [4.78, 5) is 23.4. The molecule has 1 unspecified atom stereocenters. The molecule has 0 aliphatic rings. The number of carbonyl (C=O) groups is 2. The Labute approximate surface area is 124 Å². The van der Waals surface area contributed by atoms with E-state index in [1.807, 2.05) is 31.2 Å². The summed E-state index contributed by atoms with van der Waals surface area (Å²) in [6.07, 6.45) is 1.87. The molecule has 0 saturated carbocycles. The molecule has 5 heteroatoms. The molecule has 1 atom stereocenters. The van der Waals surface area contributed by atoms with Crippen molar-refractivity contribution in [2.45, 2.75) is 19.4 Å². The lowest BCUT2D eigenvalue weighted by Gasteiger charge is -2.20. The molecule has 0 heterocycles. The molecule has 5 nitrogen and oxygen atoms in total. The maximum absolute atomic E-state index is 11.7. The molecule has 0 radical (unpaired) electrons. The minimum atomic E-state index is -0.971. The molecule has 0 fully saturated rings. The van der Waals surface area contributed by atoms with Gasteiger partial charge in [0.1, 0.15) is 0 Å². The molecule has 114 valence electrons. The van der Waals surface area contributed by atoms with Crippen molar-refractivity contribution in [2.24, 2.45) is 5.92 Å².